The molecule has 1 saturated heterocycles. The molecule has 4 nitrogen and oxygen atoms in total. The minimum Gasteiger partial charge on any atom is -0.409 e. The SMILES string of the molecule is CC1CN(c2cccc(Br)c2/C(N)=N/O)CCS1. The molecule has 0 aromatic heterocycles. The summed E-state index contributed by atoms with van der Waals surface area (Å²) >= 11 is 5.44. The molecule has 6 heteroatoms. The van der Waals surface area contributed by atoms with Gasteiger partial charge < -0.3 is 15.8 Å². The van der Waals surface area contributed by atoms with Crippen molar-refractivity contribution < 1.29 is 5.21 Å². The highest BCUT2D eigenvalue weighted by molar-refractivity contribution is 9.10. The Morgan fingerprint density at radius 2 is 2.39 bits per heavy atom. The van der Waals surface area contributed by atoms with Crippen LogP contribution >= 0.6 is 27.7 Å². The average molecular weight is 330 g/mol. The lowest BCUT2D eigenvalue weighted by Gasteiger charge is -2.33. The van der Waals surface area contributed by atoms with Gasteiger partial charge in [0.15, 0.2) is 5.84 Å². The van der Waals surface area contributed by atoms with E-state index in [1.54, 1.807) is 0 Å². The molecule has 98 valence electrons. The second-order valence-electron chi connectivity index (χ2n) is 4.25. The Kier molecular flexibility index (Phi) is 4.40. The average Bonchev–Trinajstić information content (AvgIpc) is 2.37. The maximum Gasteiger partial charge on any atom is 0.173 e. The first-order valence-electron chi connectivity index (χ1n) is 5.76. The van der Waals surface area contributed by atoms with Crippen molar-refractivity contribution in [1.29, 1.82) is 0 Å². The summed E-state index contributed by atoms with van der Waals surface area (Å²) in [6.45, 7) is 4.18. The molecule has 1 aliphatic heterocycles. The second kappa shape index (κ2) is 5.84. The fourth-order valence-corrected chi connectivity index (χ4v) is 3.69. The lowest BCUT2D eigenvalue weighted by Crippen LogP contribution is -2.38. The normalized spacial score (nSPS) is 21.1. The number of anilines is 1. The first-order chi connectivity index (χ1) is 8.63. The molecule has 0 saturated carbocycles. The lowest BCUT2D eigenvalue weighted by atomic mass is 10.1. The van der Waals surface area contributed by atoms with Gasteiger partial charge >= 0.3 is 0 Å². The molecule has 0 spiro atoms. The summed E-state index contributed by atoms with van der Waals surface area (Å²) in [7, 11) is 0. The van der Waals surface area contributed by atoms with Crippen LogP contribution in [0, 0.1) is 0 Å². The maximum atomic E-state index is 8.91. The third-order valence-electron chi connectivity index (χ3n) is 2.94. The Morgan fingerprint density at radius 1 is 1.61 bits per heavy atom. The quantitative estimate of drug-likeness (QED) is 0.379. The minimum atomic E-state index is 0.142. The van der Waals surface area contributed by atoms with Gasteiger partial charge in [-0.05, 0) is 28.1 Å². The molecule has 1 aromatic rings. The first kappa shape index (κ1) is 13.5. The third kappa shape index (κ3) is 2.75. The number of benzene rings is 1. The Labute approximate surface area is 119 Å². The summed E-state index contributed by atoms with van der Waals surface area (Å²) in [5, 5.41) is 12.6. The summed E-state index contributed by atoms with van der Waals surface area (Å²) in [6.07, 6.45) is 0. The summed E-state index contributed by atoms with van der Waals surface area (Å²) in [5.41, 5.74) is 7.56. The number of amidine groups is 1. The molecule has 0 radical (unpaired) electrons. The zero-order valence-electron chi connectivity index (χ0n) is 10.1. The van der Waals surface area contributed by atoms with Crippen molar-refractivity contribution in [2.24, 2.45) is 10.9 Å². The highest BCUT2D eigenvalue weighted by atomic mass is 79.9. The number of nitrogens with zero attached hydrogens (tertiary/aromatic N) is 2. The van der Waals surface area contributed by atoms with Gasteiger partial charge in [-0.25, -0.2) is 0 Å². The molecular weight excluding hydrogens is 314 g/mol. The Morgan fingerprint density at radius 3 is 3.06 bits per heavy atom. The van der Waals surface area contributed by atoms with Crippen LogP contribution in [0.4, 0.5) is 5.69 Å². The molecule has 1 atom stereocenters. The van der Waals surface area contributed by atoms with Crippen molar-refractivity contribution in [3.8, 4) is 0 Å². The molecule has 1 heterocycles. The number of hydrogen-bond donors (Lipinski definition) is 2. The number of thioether (sulfide) groups is 1. The van der Waals surface area contributed by atoms with Gasteiger partial charge in [0, 0.05) is 34.3 Å². The van der Waals surface area contributed by atoms with Crippen LogP contribution in [0.3, 0.4) is 0 Å². The van der Waals surface area contributed by atoms with Gasteiger partial charge in [-0.2, -0.15) is 11.8 Å². The molecule has 0 bridgehead atoms. The van der Waals surface area contributed by atoms with Crippen molar-refractivity contribution in [3.05, 3.63) is 28.2 Å². The van der Waals surface area contributed by atoms with E-state index in [2.05, 4.69) is 32.9 Å². The van der Waals surface area contributed by atoms with Gasteiger partial charge in [0.05, 0.1) is 5.56 Å². The molecule has 3 N–H and O–H groups in total. The zero-order valence-corrected chi connectivity index (χ0v) is 12.5. The van der Waals surface area contributed by atoms with Crippen molar-refractivity contribution >= 4 is 39.2 Å². The first-order valence-corrected chi connectivity index (χ1v) is 7.60. The van der Waals surface area contributed by atoms with Crippen LogP contribution in [0.25, 0.3) is 0 Å². The Balaban J connectivity index is 2.40. The van der Waals surface area contributed by atoms with Gasteiger partial charge in [-0.15, -0.1) is 0 Å². The highest BCUT2D eigenvalue weighted by Gasteiger charge is 2.21. The molecule has 1 aliphatic rings. The van der Waals surface area contributed by atoms with E-state index in [1.807, 2.05) is 30.0 Å². The highest BCUT2D eigenvalue weighted by Crippen LogP contribution is 2.31. The van der Waals surface area contributed by atoms with Gasteiger partial charge in [0.2, 0.25) is 0 Å². The fourth-order valence-electron chi connectivity index (χ4n) is 2.12. The molecular formula is C12H16BrN3OS. The van der Waals surface area contributed by atoms with Gasteiger partial charge in [0.1, 0.15) is 0 Å². The molecule has 2 rings (SSSR count). The van der Waals surface area contributed by atoms with Crippen LogP contribution in [0.5, 0.6) is 0 Å². The Hall–Kier alpha value is -0.880. The van der Waals surface area contributed by atoms with E-state index in [4.69, 9.17) is 10.9 Å². The molecule has 18 heavy (non-hydrogen) atoms. The van der Waals surface area contributed by atoms with Crippen LogP contribution in [0.2, 0.25) is 0 Å². The monoisotopic (exact) mass is 329 g/mol. The van der Waals surface area contributed by atoms with Crippen LogP contribution in [0.15, 0.2) is 27.8 Å². The van der Waals surface area contributed by atoms with Crippen LogP contribution in [0.1, 0.15) is 12.5 Å². The number of oxime groups is 1. The molecule has 0 aliphatic carbocycles. The van der Waals surface area contributed by atoms with Crippen LogP contribution < -0.4 is 10.6 Å². The van der Waals surface area contributed by atoms with E-state index in [9.17, 15) is 0 Å². The van der Waals surface area contributed by atoms with Crippen LogP contribution in [-0.4, -0.2) is 35.1 Å². The zero-order chi connectivity index (χ0) is 13.1. The predicted molar refractivity (Wildman–Crippen MR) is 80.8 cm³/mol. The molecule has 1 unspecified atom stereocenters. The largest absolute Gasteiger partial charge is 0.409 e. The maximum absolute atomic E-state index is 8.91. The summed E-state index contributed by atoms with van der Waals surface area (Å²) in [6, 6.07) is 5.89. The molecule has 1 fully saturated rings. The topological polar surface area (TPSA) is 61.8 Å². The number of hydrogen-bond acceptors (Lipinski definition) is 4. The summed E-state index contributed by atoms with van der Waals surface area (Å²) < 4.78 is 0.848. The number of nitrogens with two attached hydrogens (primary N) is 1. The van der Waals surface area contributed by atoms with Gasteiger partial charge in [-0.3, -0.25) is 0 Å². The lowest BCUT2D eigenvalue weighted by molar-refractivity contribution is 0.318. The molecule has 1 aromatic carbocycles. The fraction of sp³-hybridized carbons (Fsp3) is 0.417. The van der Waals surface area contributed by atoms with E-state index in [0.29, 0.717) is 5.25 Å². The van der Waals surface area contributed by atoms with E-state index in [0.717, 1.165) is 34.6 Å². The van der Waals surface area contributed by atoms with Gasteiger partial charge in [0.25, 0.3) is 0 Å². The number of halogens is 1. The summed E-state index contributed by atoms with van der Waals surface area (Å²) in [5.74, 6) is 1.24. The van der Waals surface area contributed by atoms with Crippen LogP contribution in [-0.2, 0) is 0 Å². The number of rotatable bonds is 2. The van der Waals surface area contributed by atoms with E-state index >= 15 is 0 Å². The van der Waals surface area contributed by atoms with Crippen molar-refractivity contribution in [3.63, 3.8) is 0 Å². The smallest absolute Gasteiger partial charge is 0.173 e. The second-order valence-corrected chi connectivity index (χ2v) is 6.65. The predicted octanol–water partition coefficient (Wildman–Crippen LogP) is 2.49. The van der Waals surface area contributed by atoms with E-state index in [1.165, 1.54) is 0 Å². The third-order valence-corrected chi connectivity index (χ3v) is 4.73. The van der Waals surface area contributed by atoms with E-state index < -0.39 is 0 Å². The standard InChI is InChI=1S/C12H16BrN3OS/c1-8-7-16(5-6-18-8)10-4-2-3-9(13)11(10)12(14)15-17/h2-4,8,17H,5-7H2,1H3,(H2,14,15). The van der Waals surface area contributed by atoms with Gasteiger partial charge in [-0.1, -0.05) is 18.1 Å². The molecule has 0 amide bonds. The summed E-state index contributed by atoms with van der Waals surface area (Å²) in [4.78, 5) is 2.29. The minimum absolute atomic E-state index is 0.142. The Bertz CT molecular complexity index is 467. The van der Waals surface area contributed by atoms with Crippen molar-refractivity contribution in [1.82, 2.24) is 0 Å². The van der Waals surface area contributed by atoms with Crippen molar-refractivity contribution in [2.45, 2.75) is 12.2 Å². The van der Waals surface area contributed by atoms with Crippen molar-refractivity contribution in [2.75, 3.05) is 23.7 Å². The van der Waals surface area contributed by atoms with E-state index in [-0.39, 0.29) is 5.84 Å².